The van der Waals surface area contributed by atoms with E-state index in [0.29, 0.717) is 0 Å². The van der Waals surface area contributed by atoms with Crippen LogP contribution in [0.1, 0.15) is 38.8 Å². The van der Waals surface area contributed by atoms with Crippen LogP contribution in [0.3, 0.4) is 0 Å². The molecule has 1 rings (SSSR count). The number of halogens is 2. The molecule has 0 bridgehead atoms. The number of hydrogen-bond donors (Lipinski definition) is 3. The van der Waals surface area contributed by atoms with Gasteiger partial charge in [-0.15, -0.1) is 0 Å². The van der Waals surface area contributed by atoms with Crippen molar-refractivity contribution in [1.82, 2.24) is 25.8 Å². The van der Waals surface area contributed by atoms with E-state index >= 15 is 0 Å². The number of alkyl halides is 2. The summed E-state index contributed by atoms with van der Waals surface area (Å²) in [5.74, 6) is -4.43. The second kappa shape index (κ2) is 7.34. The quantitative estimate of drug-likeness (QED) is 0.725. The zero-order valence-corrected chi connectivity index (χ0v) is 13.5. The van der Waals surface area contributed by atoms with Crippen molar-refractivity contribution < 1.29 is 23.1 Å². The van der Waals surface area contributed by atoms with Crippen LogP contribution in [0.5, 0.6) is 0 Å². The second-order valence-electron chi connectivity index (χ2n) is 5.90. The Bertz CT molecular complexity index is 554. The third-order valence-electron chi connectivity index (χ3n) is 2.45. The average Bonchev–Trinajstić information content (AvgIpc) is 2.82. The molecule has 0 aliphatic rings. The van der Waals surface area contributed by atoms with Gasteiger partial charge in [0.05, 0.1) is 6.54 Å². The number of aromatic amines is 1. The van der Waals surface area contributed by atoms with Crippen LogP contribution in [0.25, 0.3) is 0 Å². The number of H-pyrrole nitrogens is 1. The Morgan fingerprint density at radius 2 is 1.91 bits per heavy atom. The van der Waals surface area contributed by atoms with Crippen molar-refractivity contribution in [2.75, 3.05) is 13.1 Å². The monoisotopic (exact) mass is 333 g/mol. The highest BCUT2D eigenvalue weighted by molar-refractivity contribution is 5.77. The van der Waals surface area contributed by atoms with Gasteiger partial charge in [-0.05, 0) is 27.7 Å². The summed E-state index contributed by atoms with van der Waals surface area (Å²) in [6.07, 6.45) is -0.825. The van der Waals surface area contributed by atoms with Crippen molar-refractivity contribution in [3.8, 4) is 0 Å². The Balaban J connectivity index is 2.30. The minimum absolute atomic E-state index is 0.0217. The Morgan fingerprint density at radius 1 is 1.26 bits per heavy atom. The summed E-state index contributed by atoms with van der Waals surface area (Å²) in [5, 5.41) is 10.1. The Labute approximate surface area is 132 Å². The molecule has 1 heterocycles. The third-order valence-corrected chi connectivity index (χ3v) is 2.45. The molecule has 10 heteroatoms. The first-order chi connectivity index (χ1) is 10.5. The molecule has 130 valence electrons. The van der Waals surface area contributed by atoms with E-state index in [1.54, 1.807) is 20.8 Å². The molecule has 0 spiro atoms. The van der Waals surface area contributed by atoms with Gasteiger partial charge in [-0.25, -0.2) is 9.78 Å². The number of nitrogens with one attached hydrogen (secondary N) is 3. The number of alkyl carbamates (subject to hydrolysis) is 1. The summed E-state index contributed by atoms with van der Waals surface area (Å²) in [4.78, 5) is 26.4. The Hall–Kier alpha value is -2.26. The van der Waals surface area contributed by atoms with Crippen LogP contribution in [0.2, 0.25) is 0 Å². The predicted molar refractivity (Wildman–Crippen MR) is 76.9 cm³/mol. The number of carbonyl (C=O) groups excluding carboxylic acids is 2. The first-order valence-corrected chi connectivity index (χ1v) is 7.00. The summed E-state index contributed by atoms with van der Waals surface area (Å²) < 4.78 is 32.4. The van der Waals surface area contributed by atoms with Crippen LogP contribution in [0.15, 0.2) is 0 Å². The zero-order chi connectivity index (χ0) is 17.7. The molecule has 0 aliphatic heterocycles. The van der Waals surface area contributed by atoms with E-state index < -0.39 is 35.9 Å². The molecular weight excluding hydrogens is 312 g/mol. The molecule has 8 nitrogen and oxygen atoms in total. The summed E-state index contributed by atoms with van der Waals surface area (Å²) in [6, 6.07) is 0. The van der Waals surface area contributed by atoms with Crippen LogP contribution < -0.4 is 10.6 Å². The molecular formula is C13H21F2N5O3. The molecule has 23 heavy (non-hydrogen) atoms. The maximum Gasteiger partial charge on any atom is 0.407 e. The minimum atomic E-state index is -3.38. The minimum Gasteiger partial charge on any atom is -0.444 e. The van der Waals surface area contributed by atoms with Crippen molar-refractivity contribution in [1.29, 1.82) is 0 Å². The van der Waals surface area contributed by atoms with Crippen molar-refractivity contribution >= 4 is 12.0 Å². The van der Waals surface area contributed by atoms with Crippen LogP contribution in [-0.4, -0.2) is 45.9 Å². The summed E-state index contributed by atoms with van der Waals surface area (Å²) in [7, 11) is 0. The standard InChI is InChI=1S/C13H21F2N5O3/c1-8-18-10(20-19-8)13(14,15)7-17-9(21)5-6-16-11(22)23-12(2,3)4/h5-7H2,1-4H3,(H,16,22)(H,17,21)(H,18,19,20). The lowest BCUT2D eigenvalue weighted by Gasteiger charge is -2.19. The van der Waals surface area contributed by atoms with Gasteiger partial charge in [0.2, 0.25) is 11.7 Å². The number of aromatic nitrogens is 3. The SMILES string of the molecule is Cc1nc(C(F)(F)CNC(=O)CCNC(=O)OC(C)(C)C)n[nH]1. The van der Waals surface area contributed by atoms with Gasteiger partial charge in [0.1, 0.15) is 11.4 Å². The van der Waals surface area contributed by atoms with Crippen LogP contribution in [-0.2, 0) is 15.5 Å². The van der Waals surface area contributed by atoms with Crippen molar-refractivity contribution in [2.45, 2.75) is 45.6 Å². The molecule has 1 aromatic rings. The molecule has 3 N–H and O–H groups in total. The lowest BCUT2D eigenvalue weighted by Crippen LogP contribution is -2.38. The van der Waals surface area contributed by atoms with E-state index in [1.165, 1.54) is 6.92 Å². The van der Waals surface area contributed by atoms with Crippen LogP contribution >= 0.6 is 0 Å². The first-order valence-electron chi connectivity index (χ1n) is 7.00. The fourth-order valence-electron chi connectivity index (χ4n) is 1.48. The summed E-state index contributed by atoms with van der Waals surface area (Å²) >= 11 is 0. The highest BCUT2D eigenvalue weighted by atomic mass is 19.3. The van der Waals surface area contributed by atoms with Gasteiger partial charge in [-0.1, -0.05) is 0 Å². The number of aryl methyl sites for hydroxylation is 1. The van der Waals surface area contributed by atoms with Gasteiger partial charge >= 0.3 is 12.0 Å². The van der Waals surface area contributed by atoms with Crippen molar-refractivity contribution in [2.24, 2.45) is 0 Å². The summed E-state index contributed by atoms with van der Waals surface area (Å²) in [5.41, 5.74) is -0.650. The molecule has 0 saturated heterocycles. The van der Waals surface area contributed by atoms with E-state index in [2.05, 4.69) is 25.8 Å². The van der Waals surface area contributed by atoms with Crippen LogP contribution in [0, 0.1) is 6.92 Å². The molecule has 0 aliphatic carbocycles. The molecule has 0 unspecified atom stereocenters. The van der Waals surface area contributed by atoms with Gasteiger partial charge in [-0.3, -0.25) is 9.89 Å². The molecule has 0 radical (unpaired) electrons. The highest BCUT2D eigenvalue weighted by Crippen LogP contribution is 2.23. The second-order valence-corrected chi connectivity index (χ2v) is 5.90. The molecule has 2 amide bonds. The molecule has 0 fully saturated rings. The van der Waals surface area contributed by atoms with Gasteiger partial charge in [0.15, 0.2) is 0 Å². The van der Waals surface area contributed by atoms with Crippen molar-refractivity contribution in [3.63, 3.8) is 0 Å². The molecule has 1 aromatic heterocycles. The van der Waals surface area contributed by atoms with E-state index in [1.807, 2.05) is 0 Å². The number of nitrogens with zero attached hydrogens (tertiary/aromatic N) is 2. The van der Waals surface area contributed by atoms with Gasteiger partial charge in [0, 0.05) is 13.0 Å². The summed E-state index contributed by atoms with van der Waals surface area (Å²) in [6.45, 7) is 5.65. The largest absolute Gasteiger partial charge is 0.444 e. The van der Waals surface area contributed by atoms with E-state index in [-0.39, 0.29) is 18.8 Å². The fourth-order valence-corrected chi connectivity index (χ4v) is 1.48. The van der Waals surface area contributed by atoms with E-state index in [9.17, 15) is 18.4 Å². The first kappa shape index (κ1) is 18.8. The fraction of sp³-hybridized carbons (Fsp3) is 0.692. The Kier molecular flexibility index (Phi) is 5.99. The topological polar surface area (TPSA) is 109 Å². The lowest BCUT2D eigenvalue weighted by molar-refractivity contribution is -0.123. The van der Waals surface area contributed by atoms with Crippen LogP contribution in [0.4, 0.5) is 13.6 Å². The number of amides is 2. The van der Waals surface area contributed by atoms with E-state index in [4.69, 9.17) is 4.74 Å². The predicted octanol–water partition coefficient (Wildman–Crippen LogP) is 1.24. The van der Waals surface area contributed by atoms with Gasteiger partial charge in [0.25, 0.3) is 0 Å². The van der Waals surface area contributed by atoms with Gasteiger partial charge in [-0.2, -0.15) is 13.9 Å². The Morgan fingerprint density at radius 3 is 2.43 bits per heavy atom. The number of hydrogen-bond acceptors (Lipinski definition) is 5. The smallest absolute Gasteiger partial charge is 0.407 e. The number of ether oxygens (including phenoxy) is 1. The zero-order valence-electron chi connectivity index (χ0n) is 13.5. The number of carbonyl (C=O) groups is 2. The lowest BCUT2D eigenvalue weighted by atomic mass is 10.2. The molecule has 0 atom stereocenters. The molecule has 0 aromatic carbocycles. The normalized spacial score (nSPS) is 11.9. The third kappa shape index (κ3) is 7.02. The average molecular weight is 333 g/mol. The van der Waals surface area contributed by atoms with E-state index in [0.717, 1.165) is 0 Å². The highest BCUT2D eigenvalue weighted by Gasteiger charge is 2.36. The maximum absolute atomic E-state index is 13.7. The number of rotatable bonds is 6. The van der Waals surface area contributed by atoms with Crippen molar-refractivity contribution in [3.05, 3.63) is 11.6 Å². The molecule has 0 saturated carbocycles. The van der Waals surface area contributed by atoms with Gasteiger partial charge < -0.3 is 15.4 Å². The maximum atomic E-state index is 13.7.